The summed E-state index contributed by atoms with van der Waals surface area (Å²) >= 11 is 1.13. The van der Waals surface area contributed by atoms with E-state index in [9.17, 15) is 18.7 Å². The molecule has 3 rings (SSSR count). The Kier molecular flexibility index (Phi) is 5.12. The van der Waals surface area contributed by atoms with Gasteiger partial charge in [0.05, 0.1) is 0 Å². The second-order valence-corrected chi connectivity index (χ2v) is 6.85. The van der Waals surface area contributed by atoms with Crippen LogP contribution in [-0.4, -0.2) is 38.5 Å². The van der Waals surface area contributed by atoms with Crippen LogP contribution in [-0.2, 0) is 6.42 Å². The molecule has 6 nitrogen and oxygen atoms in total. The number of hydrogen-bond donors (Lipinski definition) is 2. The average Bonchev–Trinajstić information content (AvgIpc) is 2.96. The van der Waals surface area contributed by atoms with Crippen LogP contribution in [0.2, 0.25) is 0 Å². The molecule has 2 N–H and O–H groups in total. The average molecular weight is 368 g/mol. The Bertz CT molecular complexity index is 752. The molecule has 0 atom stereocenters. The van der Waals surface area contributed by atoms with Crippen LogP contribution in [0.25, 0.3) is 0 Å². The Morgan fingerprint density at radius 1 is 1.36 bits per heavy atom. The van der Waals surface area contributed by atoms with Crippen LogP contribution in [0.1, 0.15) is 24.2 Å². The van der Waals surface area contributed by atoms with Crippen molar-refractivity contribution in [3.05, 3.63) is 35.2 Å². The highest BCUT2D eigenvalue weighted by molar-refractivity contribution is 7.09. The van der Waals surface area contributed by atoms with Gasteiger partial charge in [0.1, 0.15) is 23.2 Å². The van der Waals surface area contributed by atoms with E-state index in [0.717, 1.165) is 23.7 Å². The van der Waals surface area contributed by atoms with Crippen molar-refractivity contribution >= 4 is 22.7 Å². The zero-order chi connectivity index (χ0) is 18.0. The molecule has 1 aromatic carbocycles. The van der Waals surface area contributed by atoms with Crippen LogP contribution < -0.4 is 5.32 Å². The minimum atomic E-state index is -0.732. The predicted octanol–water partition coefficient (Wildman–Crippen LogP) is 3.32. The molecule has 0 bridgehead atoms. The van der Waals surface area contributed by atoms with Gasteiger partial charge in [0.25, 0.3) is 0 Å². The van der Waals surface area contributed by atoms with Crippen molar-refractivity contribution in [2.45, 2.75) is 26.2 Å². The number of urea groups is 1. The van der Waals surface area contributed by atoms with Crippen LogP contribution in [0.3, 0.4) is 0 Å². The second kappa shape index (κ2) is 7.30. The van der Waals surface area contributed by atoms with Crippen LogP contribution in [0.4, 0.5) is 18.7 Å². The van der Waals surface area contributed by atoms with E-state index in [1.165, 1.54) is 0 Å². The molecule has 1 aromatic heterocycles. The highest BCUT2D eigenvalue weighted by Gasteiger charge is 2.25. The summed E-state index contributed by atoms with van der Waals surface area (Å²) in [5, 5.41) is 12.4. The lowest BCUT2D eigenvalue weighted by Crippen LogP contribution is -2.41. The number of benzene rings is 1. The summed E-state index contributed by atoms with van der Waals surface area (Å²) in [6, 6.07) is 1.60. The fraction of sp³-hybridized carbons (Fsp3) is 0.438. The number of aromatic hydroxyl groups is 1. The number of carbonyl (C=O) groups is 1. The molecule has 0 unspecified atom stereocenters. The van der Waals surface area contributed by atoms with Gasteiger partial charge in [-0.1, -0.05) is 0 Å². The normalized spacial score (nSPS) is 15.4. The van der Waals surface area contributed by atoms with Crippen molar-refractivity contribution < 1.29 is 18.7 Å². The lowest BCUT2D eigenvalue weighted by Gasteiger charge is -2.31. The van der Waals surface area contributed by atoms with Gasteiger partial charge in [-0.3, -0.25) is 5.32 Å². The predicted molar refractivity (Wildman–Crippen MR) is 89.7 cm³/mol. The summed E-state index contributed by atoms with van der Waals surface area (Å²) in [6.07, 6.45) is 1.56. The van der Waals surface area contributed by atoms with E-state index in [1.54, 1.807) is 11.8 Å². The van der Waals surface area contributed by atoms with E-state index in [1.807, 2.05) is 0 Å². The number of nitrogens with zero attached hydrogens (tertiary/aromatic N) is 3. The minimum absolute atomic E-state index is 0.00923. The Morgan fingerprint density at radius 3 is 2.56 bits per heavy atom. The third-order valence-corrected chi connectivity index (χ3v) is 4.98. The maximum Gasteiger partial charge on any atom is 0.323 e. The van der Waals surface area contributed by atoms with Gasteiger partial charge < -0.3 is 10.0 Å². The quantitative estimate of drug-likeness (QED) is 0.871. The summed E-state index contributed by atoms with van der Waals surface area (Å²) in [6.45, 7) is 2.77. The summed E-state index contributed by atoms with van der Waals surface area (Å²) in [7, 11) is 0. The number of amides is 2. The number of piperidine rings is 1. The number of aromatic nitrogens is 2. The van der Waals surface area contributed by atoms with Gasteiger partial charge in [-0.15, -0.1) is 0 Å². The smallest absolute Gasteiger partial charge is 0.323 e. The zero-order valence-corrected chi connectivity index (χ0v) is 14.4. The number of phenolic OH excluding ortho intramolecular Hbond substituents is 1. The maximum atomic E-state index is 13.8. The minimum Gasteiger partial charge on any atom is -0.508 e. The molecule has 2 aromatic rings. The van der Waals surface area contributed by atoms with Crippen molar-refractivity contribution in [2.24, 2.45) is 5.92 Å². The van der Waals surface area contributed by atoms with Gasteiger partial charge in [0.15, 0.2) is 0 Å². The fourth-order valence-corrected chi connectivity index (χ4v) is 3.50. The topological polar surface area (TPSA) is 78.4 Å². The SMILES string of the molecule is Cc1nsc(NC(=O)N2CCC(Cc3c(F)cc(O)cc3F)CC2)n1. The first-order valence-electron chi connectivity index (χ1n) is 7.95. The zero-order valence-electron chi connectivity index (χ0n) is 13.6. The van der Waals surface area contributed by atoms with Gasteiger partial charge in [-0.05, 0) is 32.1 Å². The van der Waals surface area contributed by atoms with E-state index < -0.39 is 17.4 Å². The third kappa shape index (κ3) is 4.22. The van der Waals surface area contributed by atoms with Gasteiger partial charge in [0, 0.05) is 42.3 Å². The van der Waals surface area contributed by atoms with E-state index in [0.29, 0.717) is 36.9 Å². The van der Waals surface area contributed by atoms with Gasteiger partial charge in [-0.25, -0.2) is 18.6 Å². The van der Waals surface area contributed by atoms with E-state index >= 15 is 0 Å². The van der Waals surface area contributed by atoms with Crippen molar-refractivity contribution in [1.29, 1.82) is 0 Å². The largest absolute Gasteiger partial charge is 0.508 e. The first kappa shape index (κ1) is 17.5. The molecule has 2 amide bonds. The Balaban J connectivity index is 1.54. The molecule has 25 heavy (non-hydrogen) atoms. The van der Waals surface area contributed by atoms with E-state index in [-0.39, 0.29) is 23.9 Å². The molecule has 0 spiro atoms. The summed E-state index contributed by atoms with van der Waals surface area (Å²) in [5.41, 5.74) is -0.00923. The van der Waals surface area contributed by atoms with Crippen molar-refractivity contribution in [3.8, 4) is 5.75 Å². The molecule has 9 heteroatoms. The summed E-state index contributed by atoms with van der Waals surface area (Å²) < 4.78 is 31.7. The molecule has 1 aliphatic heterocycles. The molecule has 0 radical (unpaired) electrons. The summed E-state index contributed by atoms with van der Waals surface area (Å²) in [5.74, 6) is -1.19. The van der Waals surface area contributed by atoms with Crippen LogP contribution in [0.15, 0.2) is 12.1 Å². The molecule has 2 heterocycles. The fourth-order valence-electron chi connectivity index (χ4n) is 2.93. The molecular formula is C16H18F2N4O2S. The molecule has 1 saturated heterocycles. The molecule has 0 saturated carbocycles. The maximum absolute atomic E-state index is 13.8. The number of halogens is 2. The number of rotatable bonds is 3. The number of likely N-dealkylation sites (tertiary alicyclic amines) is 1. The first-order valence-corrected chi connectivity index (χ1v) is 8.73. The lowest BCUT2D eigenvalue weighted by atomic mass is 9.90. The molecule has 0 aliphatic carbocycles. The number of aryl methyl sites for hydroxylation is 1. The Labute approximate surface area is 147 Å². The highest BCUT2D eigenvalue weighted by atomic mass is 32.1. The van der Waals surface area contributed by atoms with Crippen molar-refractivity contribution in [2.75, 3.05) is 18.4 Å². The monoisotopic (exact) mass is 368 g/mol. The van der Waals surface area contributed by atoms with Gasteiger partial charge >= 0.3 is 6.03 Å². The van der Waals surface area contributed by atoms with Crippen LogP contribution >= 0.6 is 11.5 Å². The third-order valence-electron chi connectivity index (χ3n) is 4.26. The van der Waals surface area contributed by atoms with Gasteiger partial charge in [0.2, 0.25) is 5.13 Å². The van der Waals surface area contributed by atoms with E-state index in [4.69, 9.17) is 0 Å². The van der Waals surface area contributed by atoms with Gasteiger partial charge in [-0.2, -0.15) is 4.37 Å². The van der Waals surface area contributed by atoms with Crippen molar-refractivity contribution in [1.82, 2.24) is 14.3 Å². The van der Waals surface area contributed by atoms with E-state index in [2.05, 4.69) is 14.7 Å². The number of hydrogen-bond acceptors (Lipinski definition) is 5. The highest BCUT2D eigenvalue weighted by Crippen LogP contribution is 2.27. The summed E-state index contributed by atoms with van der Waals surface area (Å²) in [4.78, 5) is 17.9. The Morgan fingerprint density at radius 2 is 2.00 bits per heavy atom. The molecule has 1 fully saturated rings. The number of carbonyl (C=O) groups excluding carboxylic acids is 1. The van der Waals surface area contributed by atoms with Crippen molar-refractivity contribution in [3.63, 3.8) is 0 Å². The van der Waals surface area contributed by atoms with Crippen LogP contribution in [0.5, 0.6) is 5.75 Å². The second-order valence-electron chi connectivity index (χ2n) is 6.10. The first-order chi connectivity index (χ1) is 11.9. The molecule has 1 aliphatic rings. The number of nitrogens with one attached hydrogen (secondary N) is 1. The molecule has 134 valence electrons. The standard InChI is InChI=1S/C16H18F2N4O2S/c1-9-19-15(25-21-9)20-16(24)22-4-2-10(3-5-22)6-12-13(17)7-11(23)8-14(12)18/h7-8,10,23H,2-6H2,1H3,(H,19,20,21,24). The lowest BCUT2D eigenvalue weighted by molar-refractivity contribution is 0.182. The number of phenols is 1. The molecular weight excluding hydrogens is 350 g/mol. The Hall–Kier alpha value is -2.29. The van der Waals surface area contributed by atoms with Crippen LogP contribution in [0, 0.1) is 24.5 Å². The number of anilines is 1.